The number of methoxy groups -OCH3 is 1. The van der Waals surface area contributed by atoms with Crippen molar-refractivity contribution in [2.24, 2.45) is 0 Å². The molecule has 1 unspecified atom stereocenters. The van der Waals surface area contributed by atoms with Crippen molar-refractivity contribution in [2.75, 3.05) is 7.11 Å². The summed E-state index contributed by atoms with van der Waals surface area (Å²) in [4.78, 5) is 0. The van der Waals surface area contributed by atoms with Gasteiger partial charge in [-0.3, -0.25) is 0 Å². The predicted molar refractivity (Wildman–Crippen MR) is 63.2 cm³/mol. The minimum Gasteiger partial charge on any atom is -0.493 e. The first kappa shape index (κ1) is 11.9. The summed E-state index contributed by atoms with van der Waals surface area (Å²) in [5.41, 5.74) is 0.438. The smallest absolute Gasteiger partial charge is 0.166 e. The minimum atomic E-state index is -0.491. The van der Waals surface area contributed by atoms with Crippen molar-refractivity contribution in [1.29, 1.82) is 0 Å². The van der Waals surface area contributed by atoms with Gasteiger partial charge in [-0.15, -0.1) is 0 Å². The summed E-state index contributed by atoms with van der Waals surface area (Å²) in [5.74, 6) is -0.139. The van der Waals surface area contributed by atoms with Crippen LogP contribution in [0.15, 0.2) is 16.6 Å². The van der Waals surface area contributed by atoms with Gasteiger partial charge in [0, 0.05) is 15.5 Å². The van der Waals surface area contributed by atoms with E-state index in [9.17, 15) is 9.50 Å². The zero-order valence-electron chi connectivity index (χ0n) is 9.26. The highest BCUT2D eigenvalue weighted by Gasteiger charge is 2.50. The molecular formula is C12H14BrFO2. The van der Waals surface area contributed by atoms with E-state index in [0.29, 0.717) is 4.47 Å². The second-order valence-electron chi connectivity index (χ2n) is 4.30. The van der Waals surface area contributed by atoms with Crippen LogP contribution in [-0.2, 0) is 5.41 Å². The summed E-state index contributed by atoms with van der Waals surface area (Å²) >= 11 is 3.27. The van der Waals surface area contributed by atoms with Gasteiger partial charge in [0.25, 0.3) is 0 Å². The molecule has 0 radical (unpaired) electrons. The molecule has 0 amide bonds. The fourth-order valence-electron chi connectivity index (χ4n) is 2.18. The van der Waals surface area contributed by atoms with Crippen molar-refractivity contribution in [3.8, 4) is 5.75 Å². The Bertz CT molecular complexity index is 414. The van der Waals surface area contributed by atoms with Gasteiger partial charge in [-0.2, -0.15) is 0 Å². The molecule has 1 aromatic rings. The Balaban J connectivity index is 2.55. The van der Waals surface area contributed by atoms with Gasteiger partial charge in [0.2, 0.25) is 0 Å². The predicted octanol–water partition coefficient (Wildman–Crippen LogP) is 3.01. The lowest BCUT2D eigenvalue weighted by Gasteiger charge is -2.22. The molecule has 4 heteroatoms. The summed E-state index contributed by atoms with van der Waals surface area (Å²) in [6.07, 6.45) is 1.25. The number of benzene rings is 1. The van der Waals surface area contributed by atoms with Crippen LogP contribution >= 0.6 is 15.9 Å². The third kappa shape index (κ3) is 1.74. The van der Waals surface area contributed by atoms with Crippen LogP contribution in [0.4, 0.5) is 4.39 Å². The van der Waals surface area contributed by atoms with Crippen molar-refractivity contribution >= 4 is 15.9 Å². The molecule has 2 nitrogen and oxygen atoms in total. The first-order valence-electron chi connectivity index (χ1n) is 5.23. The molecule has 88 valence electrons. The number of hydrogen-bond donors (Lipinski definition) is 1. The molecule has 0 bridgehead atoms. The Hall–Kier alpha value is -0.610. The van der Waals surface area contributed by atoms with Crippen LogP contribution in [0.1, 0.15) is 25.3 Å². The van der Waals surface area contributed by atoms with E-state index in [4.69, 9.17) is 4.74 Å². The highest BCUT2D eigenvalue weighted by molar-refractivity contribution is 9.10. The van der Waals surface area contributed by atoms with Crippen LogP contribution in [-0.4, -0.2) is 18.3 Å². The van der Waals surface area contributed by atoms with E-state index < -0.39 is 6.10 Å². The molecule has 1 atom stereocenters. The van der Waals surface area contributed by atoms with Crippen LogP contribution in [0.5, 0.6) is 5.75 Å². The second-order valence-corrected chi connectivity index (χ2v) is 5.22. The van der Waals surface area contributed by atoms with Gasteiger partial charge in [-0.25, -0.2) is 4.39 Å². The largest absolute Gasteiger partial charge is 0.493 e. The molecule has 1 saturated carbocycles. The maximum Gasteiger partial charge on any atom is 0.166 e. The number of ether oxygens (including phenoxy) is 1. The Morgan fingerprint density at radius 3 is 2.56 bits per heavy atom. The fraction of sp³-hybridized carbons (Fsp3) is 0.500. The quantitative estimate of drug-likeness (QED) is 0.927. The Morgan fingerprint density at radius 2 is 2.12 bits per heavy atom. The zero-order chi connectivity index (χ0) is 11.9. The van der Waals surface area contributed by atoms with Gasteiger partial charge in [0.05, 0.1) is 13.2 Å². The minimum absolute atomic E-state index is 0.251. The van der Waals surface area contributed by atoms with Crippen molar-refractivity contribution in [3.05, 3.63) is 28.0 Å². The Labute approximate surface area is 103 Å². The summed E-state index contributed by atoms with van der Waals surface area (Å²) in [7, 11) is 1.45. The highest BCUT2D eigenvalue weighted by atomic mass is 79.9. The molecule has 1 aliphatic rings. The van der Waals surface area contributed by atoms with Gasteiger partial charge in [0.1, 0.15) is 0 Å². The summed E-state index contributed by atoms with van der Waals surface area (Å²) < 4.78 is 19.5. The Morgan fingerprint density at radius 1 is 1.50 bits per heavy atom. The number of rotatable bonds is 3. The lowest BCUT2D eigenvalue weighted by atomic mass is 9.90. The van der Waals surface area contributed by atoms with Crippen LogP contribution < -0.4 is 4.74 Å². The molecule has 1 N–H and O–H groups in total. The van der Waals surface area contributed by atoms with Gasteiger partial charge in [0.15, 0.2) is 11.6 Å². The lowest BCUT2D eigenvalue weighted by molar-refractivity contribution is 0.148. The first-order valence-corrected chi connectivity index (χ1v) is 6.02. The standard InChI is InChI=1S/C12H14BrFO2/c1-7(15)12(3-4-12)9-5-8(13)6-10(14)11(9)16-2/h5-7,15H,3-4H2,1-2H3. The molecule has 16 heavy (non-hydrogen) atoms. The highest BCUT2D eigenvalue weighted by Crippen LogP contribution is 2.54. The van der Waals surface area contributed by atoms with Gasteiger partial charge >= 0.3 is 0 Å². The monoisotopic (exact) mass is 288 g/mol. The fourth-order valence-corrected chi connectivity index (χ4v) is 2.61. The van der Waals surface area contributed by atoms with Crippen molar-refractivity contribution in [2.45, 2.75) is 31.3 Å². The molecule has 0 aromatic heterocycles. The molecule has 0 saturated heterocycles. The average Bonchev–Trinajstić information content (AvgIpc) is 2.97. The van der Waals surface area contributed by atoms with E-state index in [2.05, 4.69) is 15.9 Å². The maximum absolute atomic E-state index is 13.7. The van der Waals surface area contributed by atoms with E-state index >= 15 is 0 Å². The van der Waals surface area contributed by atoms with Crippen LogP contribution in [0.25, 0.3) is 0 Å². The summed E-state index contributed by atoms with van der Waals surface area (Å²) in [6, 6.07) is 3.21. The first-order chi connectivity index (χ1) is 7.51. The van der Waals surface area contributed by atoms with E-state index in [1.54, 1.807) is 6.92 Å². The van der Waals surface area contributed by atoms with E-state index in [1.807, 2.05) is 6.07 Å². The number of halogens is 2. The maximum atomic E-state index is 13.7. The van der Waals surface area contributed by atoms with Crippen LogP contribution in [0, 0.1) is 5.82 Å². The average molecular weight is 289 g/mol. The lowest BCUT2D eigenvalue weighted by Crippen LogP contribution is -2.23. The van der Waals surface area contributed by atoms with Crippen molar-refractivity contribution in [1.82, 2.24) is 0 Å². The third-order valence-corrected chi connectivity index (χ3v) is 3.80. The summed E-state index contributed by atoms with van der Waals surface area (Å²) in [5, 5.41) is 9.80. The van der Waals surface area contributed by atoms with E-state index in [0.717, 1.165) is 18.4 Å². The van der Waals surface area contributed by atoms with E-state index in [-0.39, 0.29) is 17.0 Å². The van der Waals surface area contributed by atoms with Gasteiger partial charge < -0.3 is 9.84 Å². The number of hydrogen-bond acceptors (Lipinski definition) is 2. The summed E-state index contributed by atoms with van der Waals surface area (Å²) in [6.45, 7) is 1.74. The molecule has 1 aromatic carbocycles. The number of aliphatic hydroxyl groups excluding tert-OH is 1. The number of aliphatic hydroxyl groups is 1. The molecule has 0 aliphatic heterocycles. The Kier molecular flexibility index (Phi) is 2.97. The van der Waals surface area contributed by atoms with Gasteiger partial charge in [-0.1, -0.05) is 15.9 Å². The second kappa shape index (κ2) is 4.00. The van der Waals surface area contributed by atoms with Crippen molar-refractivity contribution < 1.29 is 14.2 Å². The topological polar surface area (TPSA) is 29.5 Å². The normalized spacial score (nSPS) is 19.3. The van der Waals surface area contributed by atoms with E-state index in [1.165, 1.54) is 13.2 Å². The molecule has 0 heterocycles. The molecular weight excluding hydrogens is 275 g/mol. The SMILES string of the molecule is COc1c(F)cc(Br)cc1C1(C(C)O)CC1. The molecule has 0 spiro atoms. The molecule has 1 fully saturated rings. The zero-order valence-corrected chi connectivity index (χ0v) is 10.8. The van der Waals surface area contributed by atoms with Crippen molar-refractivity contribution in [3.63, 3.8) is 0 Å². The van der Waals surface area contributed by atoms with Crippen LogP contribution in [0.2, 0.25) is 0 Å². The molecule has 2 rings (SSSR count). The third-order valence-electron chi connectivity index (χ3n) is 3.34. The molecule has 1 aliphatic carbocycles. The van der Waals surface area contributed by atoms with Crippen LogP contribution in [0.3, 0.4) is 0 Å². The van der Waals surface area contributed by atoms with Gasteiger partial charge in [-0.05, 0) is 31.9 Å².